The molecule has 0 saturated carbocycles. The first kappa shape index (κ1) is 13.5. The third-order valence-corrected chi connectivity index (χ3v) is 3.72. The minimum Gasteiger partial charge on any atom is -0.340 e. The van der Waals surface area contributed by atoms with Crippen molar-refractivity contribution in [3.63, 3.8) is 0 Å². The Bertz CT molecular complexity index is 489. The number of hydrogen-bond donors (Lipinski definition) is 1. The number of nitrogens with zero attached hydrogens (tertiary/aromatic N) is 2. The predicted octanol–water partition coefficient (Wildman–Crippen LogP) is 1.49. The Morgan fingerprint density at radius 2 is 2.16 bits per heavy atom. The van der Waals surface area contributed by atoms with Crippen molar-refractivity contribution in [2.75, 3.05) is 4.90 Å². The van der Waals surface area contributed by atoms with E-state index in [9.17, 15) is 9.59 Å². The van der Waals surface area contributed by atoms with Crippen molar-refractivity contribution < 1.29 is 9.59 Å². The molecule has 0 aliphatic carbocycles. The van der Waals surface area contributed by atoms with Gasteiger partial charge < -0.3 is 5.32 Å². The van der Waals surface area contributed by atoms with Gasteiger partial charge in [0.25, 0.3) is 5.91 Å². The van der Waals surface area contributed by atoms with Crippen LogP contribution >= 0.6 is 0 Å². The second-order valence-corrected chi connectivity index (χ2v) is 4.99. The Kier molecular flexibility index (Phi) is 3.55. The zero-order chi connectivity index (χ0) is 14.0. The zero-order valence-corrected chi connectivity index (χ0v) is 11.5. The third-order valence-electron chi connectivity index (χ3n) is 3.72. The smallest absolute Gasteiger partial charge is 0.253 e. The molecule has 2 atom stereocenters. The normalized spacial score (nSPS) is 27.3. The van der Waals surface area contributed by atoms with Gasteiger partial charge in [0.2, 0.25) is 5.91 Å². The predicted molar refractivity (Wildman–Crippen MR) is 72.6 cm³/mol. The molecule has 1 aromatic heterocycles. The zero-order valence-electron chi connectivity index (χ0n) is 11.5. The van der Waals surface area contributed by atoms with Gasteiger partial charge in [-0.2, -0.15) is 0 Å². The van der Waals surface area contributed by atoms with Crippen LogP contribution in [0.5, 0.6) is 0 Å². The molecule has 2 unspecified atom stereocenters. The highest BCUT2D eigenvalue weighted by atomic mass is 16.2. The van der Waals surface area contributed by atoms with Crippen LogP contribution in [0.1, 0.15) is 33.6 Å². The Labute approximate surface area is 113 Å². The molecule has 0 bridgehead atoms. The maximum atomic E-state index is 12.7. The fourth-order valence-corrected chi connectivity index (χ4v) is 2.33. The van der Waals surface area contributed by atoms with E-state index in [4.69, 9.17) is 0 Å². The lowest BCUT2D eigenvalue weighted by Gasteiger charge is -2.43. The SMILES string of the molecule is CCC1C(=O)NC(C)(CC)C(=O)N1c1cccnc1. The maximum absolute atomic E-state index is 12.7. The van der Waals surface area contributed by atoms with E-state index < -0.39 is 11.6 Å². The van der Waals surface area contributed by atoms with Crippen LogP contribution < -0.4 is 10.2 Å². The summed E-state index contributed by atoms with van der Waals surface area (Å²) in [6.07, 6.45) is 4.41. The maximum Gasteiger partial charge on any atom is 0.253 e. The van der Waals surface area contributed by atoms with Gasteiger partial charge in [-0.25, -0.2) is 0 Å². The average Bonchev–Trinajstić information content (AvgIpc) is 2.43. The molecule has 19 heavy (non-hydrogen) atoms. The highest BCUT2D eigenvalue weighted by Crippen LogP contribution is 2.27. The van der Waals surface area contributed by atoms with E-state index in [0.29, 0.717) is 18.5 Å². The van der Waals surface area contributed by atoms with E-state index in [1.54, 1.807) is 30.3 Å². The second kappa shape index (κ2) is 4.99. The molecule has 2 heterocycles. The molecule has 0 spiro atoms. The summed E-state index contributed by atoms with van der Waals surface area (Å²) < 4.78 is 0. The van der Waals surface area contributed by atoms with E-state index in [2.05, 4.69) is 10.3 Å². The van der Waals surface area contributed by atoms with E-state index in [1.807, 2.05) is 19.9 Å². The lowest BCUT2D eigenvalue weighted by atomic mass is 9.91. The third kappa shape index (κ3) is 2.20. The van der Waals surface area contributed by atoms with Crippen LogP contribution in [0, 0.1) is 0 Å². The molecule has 2 amide bonds. The molecular weight excluding hydrogens is 242 g/mol. The van der Waals surface area contributed by atoms with Crippen LogP contribution in [-0.4, -0.2) is 28.4 Å². The van der Waals surface area contributed by atoms with Gasteiger partial charge in [-0.1, -0.05) is 13.8 Å². The van der Waals surface area contributed by atoms with Crippen molar-refractivity contribution in [1.82, 2.24) is 10.3 Å². The number of aromatic nitrogens is 1. The minimum atomic E-state index is -0.835. The molecule has 0 aromatic carbocycles. The summed E-state index contributed by atoms with van der Waals surface area (Å²) in [5, 5.41) is 2.84. The number of hydrogen-bond acceptors (Lipinski definition) is 3. The summed E-state index contributed by atoms with van der Waals surface area (Å²) >= 11 is 0. The molecule has 5 heteroatoms. The molecule has 1 aliphatic rings. The fourth-order valence-electron chi connectivity index (χ4n) is 2.33. The van der Waals surface area contributed by atoms with Crippen molar-refractivity contribution in [3.05, 3.63) is 24.5 Å². The standard InChI is InChI=1S/C14H19N3O2/c1-4-11-12(18)16-14(3,5-2)13(19)17(11)10-7-6-8-15-9-10/h6-9,11H,4-5H2,1-3H3,(H,16,18). The van der Waals surface area contributed by atoms with E-state index >= 15 is 0 Å². The fraction of sp³-hybridized carbons (Fsp3) is 0.500. The lowest BCUT2D eigenvalue weighted by Crippen LogP contribution is -2.69. The van der Waals surface area contributed by atoms with Gasteiger partial charge in [0.1, 0.15) is 11.6 Å². The van der Waals surface area contributed by atoms with Gasteiger partial charge in [-0.05, 0) is 31.9 Å². The number of nitrogens with one attached hydrogen (secondary N) is 1. The van der Waals surface area contributed by atoms with Crippen LogP contribution in [-0.2, 0) is 9.59 Å². The Morgan fingerprint density at radius 3 is 2.68 bits per heavy atom. The van der Waals surface area contributed by atoms with E-state index in [-0.39, 0.29) is 11.8 Å². The van der Waals surface area contributed by atoms with Crippen LogP contribution in [0.15, 0.2) is 24.5 Å². The first-order valence-corrected chi connectivity index (χ1v) is 6.59. The first-order valence-electron chi connectivity index (χ1n) is 6.59. The molecule has 1 aromatic rings. The summed E-state index contributed by atoms with van der Waals surface area (Å²) in [6, 6.07) is 3.12. The van der Waals surface area contributed by atoms with Crippen LogP contribution in [0.3, 0.4) is 0 Å². The molecule has 1 N–H and O–H groups in total. The topological polar surface area (TPSA) is 62.3 Å². The van der Waals surface area contributed by atoms with E-state index in [0.717, 1.165) is 0 Å². The van der Waals surface area contributed by atoms with Crippen LogP contribution in [0.4, 0.5) is 5.69 Å². The number of carbonyl (C=O) groups is 2. The summed E-state index contributed by atoms with van der Waals surface area (Å²) in [4.78, 5) is 30.5. The highest BCUT2D eigenvalue weighted by molar-refractivity contribution is 6.10. The van der Waals surface area contributed by atoms with Crippen molar-refractivity contribution in [1.29, 1.82) is 0 Å². The Balaban J connectivity index is 2.46. The number of piperazine rings is 1. The first-order chi connectivity index (χ1) is 9.03. The summed E-state index contributed by atoms with van der Waals surface area (Å²) in [5.41, 5.74) is -0.160. The Morgan fingerprint density at radius 1 is 1.42 bits per heavy atom. The largest absolute Gasteiger partial charge is 0.340 e. The molecule has 1 saturated heterocycles. The quantitative estimate of drug-likeness (QED) is 0.896. The summed E-state index contributed by atoms with van der Waals surface area (Å²) in [7, 11) is 0. The van der Waals surface area contributed by atoms with Crippen molar-refractivity contribution in [2.45, 2.75) is 45.2 Å². The molecule has 5 nitrogen and oxygen atoms in total. The van der Waals surface area contributed by atoms with Crippen LogP contribution in [0.25, 0.3) is 0 Å². The molecule has 0 radical (unpaired) electrons. The van der Waals surface area contributed by atoms with Gasteiger partial charge in [0.05, 0.1) is 11.9 Å². The summed E-state index contributed by atoms with van der Waals surface area (Å²) in [6.45, 7) is 5.56. The number of pyridine rings is 1. The Hall–Kier alpha value is -1.91. The number of amides is 2. The van der Waals surface area contributed by atoms with Crippen molar-refractivity contribution in [2.24, 2.45) is 0 Å². The van der Waals surface area contributed by atoms with Gasteiger partial charge in [-0.3, -0.25) is 19.5 Å². The van der Waals surface area contributed by atoms with Gasteiger partial charge in [-0.15, -0.1) is 0 Å². The molecule has 1 aliphatic heterocycles. The number of carbonyl (C=O) groups excluding carboxylic acids is 2. The lowest BCUT2D eigenvalue weighted by molar-refractivity contribution is -0.138. The summed E-state index contributed by atoms with van der Waals surface area (Å²) in [5.74, 6) is -0.176. The number of anilines is 1. The second-order valence-electron chi connectivity index (χ2n) is 4.99. The average molecular weight is 261 g/mol. The van der Waals surface area contributed by atoms with Crippen LogP contribution in [0.2, 0.25) is 0 Å². The molecule has 102 valence electrons. The highest BCUT2D eigenvalue weighted by Gasteiger charge is 2.46. The molecule has 2 rings (SSSR count). The van der Waals surface area contributed by atoms with Crippen molar-refractivity contribution >= 4 is 17.5 Å². The number of rotatable bonds is 3. The van der Waals surface area contributed by atoms with E-state index in [1.165, 1.54) is 0 Å². The van der Waals surface area contributed by atoms with Crippen molar-refractivity contribution in [3.8, 4) is 0 Å². The van der Waals surface area contributed by atoms with Gasteiger partial charge in [0, 0.05) is 6.20 Å². The van der Waals surface area contributed by atoms with Gasteiger partial charge in [0.15, 0.2) is 0 Å². The molecular formula is C14H19N3O2. The minimum absolute atomic E-state index is 0.0746. The van der Waals surface area contributed by atoms with Gasteiger partial charge >= 0.3 is 0 Å². The monoisotopic (exact) mass is 261 g/mol. The molecule has 1 fully saturated rings.